The number of piperazine rings is 1. The van der Waals surface area contributed by atoms with E-state index in [4.69, 9.17) is 4.74 Å². The number of hydrogen-bond donors (Lipinski definition) is 2. The van der Waals surface area contributed by atoms with Crippen molar-refractivity contribution in [2.75, 3.05) is 51.8 Å². The molecule has 1 amide bonds. The molecule has 2 heterocycles. The summed E-state index contributed by atoms with van der Waals surface area (Å²) in [4.78, 5) is 14.0. The normalized spacial score (nSPS) is 16.5. The molecule has 0 aliphatic carbocycles. The molecule has 0 spiro atoms. The quantitative estimate of drug-likeness (QED) is 0.718. The van der Waals surface area contributed by atoms with Crippen LogP contribution in [0, 0.1) is 0 Å². The Balaban J connectivity index is 1.76. The molecule has 1 fully saturated rings. The fourth-order valence-electron chi connectivity index (χ4n) is 2.01. The molecule has 1 aromatic heterocycles. The maximum absolute atomic E-state index is 11.9. The molecule has 0 aromatic carbocycles. The summed E-state index contributed by atoms with van der Waals surface area (Å²) in [7, 11) is 1.65. The predicted molar refractivity (Wildman–Crippen MR) is 72.0 cm³/mol. The lowest BCUT2D eigenvalue weighted by Gasteiger charge is -2.26. The Morgan fingerprint density at radius 1 is 1.53 bits per heavy atom. The fourth-order valence-corrected chi connectivity index (χ4v) is 2.01. The highest BCUT2D eigenvalue weighted by Crippen LogP contribution is 2.05. The van der Waals surface area contributed by atoms with Gasteiger partial charge in [-0.2, -0.15) is 5.10 Å². The Morgan fingerprint density at radius 2 is 2.32 bits per heavy atom. The molecule has 0 radical (unpaired) electrons. The number of nitrogens with zero attached hydrogens (tertiary/aromatic N) is 3. The molecule has 1 saturated heterocycles. The van der Waals surface area contributed by atoms with E-state index < -0.39 is 0 Å². The van der Waals surface area contributed by atoms with E-state index in [9.17, 15) is 4.79 Å². The van der Waals surface area contributed by atoms with Crippen LogP contribution in [-0.2, 0) is 16.1 Å². The summed E-state index contributed by atoms with van der Waals surface area (Å²) in [5, 5.41) is 10.3. The summed E-state index contributed by atoms with van der Waals surface area (Å²) in [6.45, 7) is 5.45. The lowest BCUT2D eigenvalue weighted by atomic mass is 10.3. The van der Waals surface area contributed by atoms with Gasteiger partial charge in [-0.15, -0.1) is 0 Å². The number of carbonyl (C=O) groups excluding carboxylic acids is 1. The van der Waals surface area contributed by atoms with E-state index in [0.717, 1.165) is 31.9 Å². The van der Waals surface area contributed by atoms with Crippen molar-refractivity contribution in [1.29, 1.82) is 0 Å². The Kier molecular flexibility index (Phi) is 5.31. The highest BCUT2D eigenvalue weighted by atomic mass is 16.5. The maximum Gasteiger partial charge on any atom is 0.238 e. The summed E-state index contributed by atoms with van der Waals surface area (Å²) in [5.74, 6) is 0.00758. The van der Waals surface area contributed by atoms with Crippen LogP contribution in [0.4, 0.5) is 5.69 Å². The van der Waals surface area contributed by atoms with Crippen molar-refractivity contribution in [3.05, 3.63) is 12.4 Å². The first-order chi connectivity index (χ1) is 9.28. The molecular formula is C12H21N5O2. The number of amides is 1. The van der Waals surface area contributed by atoms with Crippen LogP contribution in [0.5, 0.6) is 0 Å². The van der Waals surface area contributed by atoms with E-state index in [1.165, 1.54) is 0 Å². The number of hydrogen-bond acceptors (Lipinski definition) is 5. The van der Waals surface area contributed by atoms with Crippen molar-refractivity contribution in [3.8, 4) is 0 Å². The summed E-state index contributed by atoms with van der Waals surface area (Å²) >= 11 is 0. The Labute approximate surface area is 112 Å². The first kappa shape index (κ1) is 14.0. The van der Waals surface area contributed by atoms with Gasteiger partial charge in [-0.05, 0) is 0 Å². The zero-order valence-electron chi connectivity index (χ0n) is 11.3. The van der Waals surface area contributed by atoms with Crippen molar-refractivity contribution >= 4 is 11.6 Å². The van der Waals surface area contributed by atoms with Crippen molar-refractivity contribution in [1.82, 2.24) is 20.0 Å². The minimum atomic E-state index is 0.00758. The minimum Gasteiger partial charge on any atom is -0.383 e. The monoisotopic (exact) mass is 267 g/mol. The molecule has 1 aliphatic heterocycles. The highest BCUT2D eigenvalue weighted by Gasteiger charge is 2.13. The number of anilines is 1. The van der Waals surface area contributed by atoms with Crippen molar-refractivity contribution in [2.45, 2.75) is 6.54 Å². The second kappa shape index (κ2) is 7.22. The Bertz CT molecular complexity index is 401. The third kappa shape index (κ3) is 4.62. The lowest BCUT2D eigenvalue weighted by Crippen LogP contribution is -2.46. The summed E-state index contributed by atoms with van der Waals surface area (Å²) in [6.07, 6.45) is 3.47. The number of carbonyl (C=O) groups is 1. The third-order valence-corrected chi connectivity index (χ3v) is 3.02. The van der Waals surface area contributed by atoms with Gasteiger partial charge in [0.25, 0.3) is 0 Å². The van der Waals surface area contributed by atoms with Gasteiger partial charge in [0.1, 0.15) is 0 Å². The molecule has 2 rings (SSSR count). The van der Waals surface area contributed by atoms with E-state index in [-0.39, 0.29) is 5.91 Å². The molecule has 1 aliphatic rings. The second-order valence-electron chi connectivity index (χ2n) is 4.56. The number of ether oxygens (including phenoxy) is 1. The van der Waals surface area contributed by atoms with E-state index in [2.05, 4.69) is 20.6 Å². The van der Waals surface area contributed by atoms with Gasteiger partial charge in [0.2, 0.25) is 5.91 Å². The van der Waals surface area contributed by atoms with Gasteiger partial charge in [0.15, 0.2) is 0 Å². The zero-order valence-corrected chi connectivity index (χ0v) is 11.3. The maximum atomic E-state index is 11.9. The standard InChI is InChI=1S/C12H21N5O2/c1-19-7-6-17-9-11(8-14-17)15-12(18)10-16-4-2-13-3-5-16/h8-9,13H,2-7,10H2,1H3,(H,15,18). The van der Waals surface area contributed by atoms with Crippen LogP contribution < -0.4 is 10.6 Å². The number of aromatic nitrogens is 2. The van der Waals surface area contributed by atoms with Crippen molar-refractivity contribution in [2.24, 2.45) is 0 Å². The Morgan fingerprint density at radius 3 is 3.05 bits per heavy atom. The Hall–Kier alpha value is -1.44. The molecular weight excluding hydrogens is 246 g/mol. The fraction of sp³-hybridized carbons (Fsp3) is 0.667. The smallest absolute Gasteiger partial charge is 0.238 e. The van der Waals surface area contributed by atoms with Crippen LogP contribution in [0.1, 0.15) is 0 Å². The summed E-state index contributed by atoms with van der Waals surface area (Å²) in [6, 6.07) is 0. The van der Waals surface area contributed by atoms with Crippen molar-refractivity contribution in [3.63, 3.8) is 0 Å². The van der Waals surface area contributed by atoms with E-state index >= 15 is 0 Å². The molecule has 0 atom stereocenters. The molecule has 0 unspecified atom stereocenters. The average Bonchev–Trinajstić information content (AvgIpc) is 2.85. The predicted octanol–water partition coefficient (Wildman–Crippen LogP) is -0.627. The first-order valence-corrected chi connectivity index (χ1v) is 6.52. The largest absolute Gasteiger partial charge is 0.383 e. The van der Waals surface area contributed by atoms with Gasteiger partial charge in [0, 0.05) is 39.5 Å². The first-order valence-electron chi connectivity index (χ1n) is 6.52. The van der Waals surface area contributed by atoms with Crippen LogP contribution in [0.25, 0.3) is 0 Å². The molecule has 0 bridgehead atoms. The topological polar surface area (TPSA) is 71.4 Å². The summed E-state index contributed by atoms with van der Waals surface area (Å²) < 4.78 is 6.73. The van der Waals surface area contributed by atoms with Gasteiger partial charge in [-0.1, -0.05) is 0 Å². The number of nitrogens with one attached hydrogen (secondary N) is 2. The van der Waals surface area contributed by atoms with E-state index in [0.29, 0.717) is 19.7 Å². The minimum absolute atomic E-state index is 0.00758. The average molecular weight is 267 g/mol. The van der Waals surface area contributed by atoms with Gasteiger partial charge < -0.3 is 15.4 Å². The molecule has 0 saturated carbocycles. The van der Waals surface area contributed by atoms with Crippen LogP contribution in [-0.4, -0.2) is 67.0 Å². The SMILES string of the molecule is COCCn1cc(NC(=O)CN2CCNCC2)cn1. The second-order valence-corrected chi connectivity index (χ2v) is 4.56. The van der Waals surface area contributed by atoms with Gasteiger partial charge >= 0.3 is 0 Å². The summed E-state index contributed by atoms with van der Waals surface area (Å²) in [5.41, 5.74) is 0.733. The third-order valence-electron chi connectivity index (χ3n) is 3.02. The van der Waals surface area contributed by atoms with E-state index in [1.54, 1.807) is 18.0 Å². The number of methoxy groups -OCH3 is 1. The van der Waals surface area contributed by atoms with Gasteiger partial charge in [-0.3, -0.25) is 14.4 Å². The van der Waals surface area contributed by atoms with Crippen molar-refractivity contribution < 1.29 is 9.53 Å². The molecule has 19 heavy (non-hydrogen) atoms. The van der Waals surface area contributed by atoms with Crippen LogP contribution >= 0.6 is 0 Å². The van der Waals surface area contributed by atoms with Crippen LogP contribution in [0.2, 0.25) is 0 Å². The molecule has 106 valence electrons. The molecule has 2 N–H and O–H groups in total. The van der Waals surface area contributed by atoms with Gasteiger partial charge in [0.05, 0.1) is 31.6 Å². The molecule has 1 aromatic rings. The lowest BCUT2D eigenvalue weighted by molar-refractivity contribution is -0.117. The van der Waals surface area contributed by atoms with Crippen LogP contribution in [0.3, 0.4) is 0 Å². The van der Waals surface area contributed by atoms with Crippen LogP contribution in [0.15, 0.2) is 12.4 Å². The molecule has 7 heteroatoms. The zero-order chi connectivity index (χ0) is 13.5. The number of rotatable bonds is 6. The highest BCUT2D eigenvalue weighted by molar-refractivity contribution is 5.91. The van der Waals surface area contributed by atoms with Gasteiger partial charge in [-0.25, -0.2) is 0 Å². The molecule has 7 nitrogen and oxygen atoms in total. The van der Waals surface area contributed by atoms with E-state index in [1.807, 2.05) is 6.20 Å².